The second kappa shape index (κ2) is 5.79. The van der Waals surface area contributed by atoms with E-state index in [1.807, 2.05) is 6.07 Å². The van der Waals surface area contributed by atoms with Gasteiger partial charge in [0.15, 0.2) is 11.6 Å². The lowest BCUT2D eigenvalue weighted by atomic mass is 9.82. The second-order valence-corrected chi connectivity index (χ2v) is 6.79. The Bertz CT molecular complexity index is 1280. The van der Waals surface area contributed by atoms with Crippen LogP contribution in [0.25, 0.3) is 17.2 Å². The van der Waals surface area contributed by atoms with E-state index in [4.69, 9.17) is 0 Å². The molecule has 0 spiro atoms. The number of carbonyl (C=O) groups is 4. The number of fused-ring (bicyclic) bond motifs is 3. The first-order valence-corrected chi connectivity index (χ1v) is 8.78. The van der Waals surface area contributed by atoms with Crippen molar-refractivity contribution in [3.63, 3.8) is 0 Å². The predicted molar refractivity (Wildman–Crippen MR) is 104 cm³/mol. The zero-order valence-electron chi connectivity index (χ0n) is 14.6. The van der Waals surface area contributed by atoms with Crippen molar-refractivity contribution >= 4 is 29.2 Å². The number of allylic oxidation sites excluding steroid dienone is 1. The van der Waals surface area contributed by atoms with Crippen LogP contribution in [0.3, 0.4) is 0 Å². The van der Waals surface area contributed by atoms with E-state index >= 15 is 0 Å². The van der Waals surface area contributed by atoms with Crippen LogP contribution in [0.5, 0.6) is 0 Å². The molecule has 4 heteroatoms. The Kier molecular flexibility index (Phi) is 3.36. The van der Waals surface area contributed by atoms with Crippen molar-refractivity contribution in [3.8, 4) is 11.1 Å². The van der Waals surface area contributed by atoms with Gasteiger partial charge in [0, 0.05) is 27.8 Å². The summed E-state index contributed by atoms with van der Waals surface area (Å²) >= 11 is 0. The Morgan fingerprint density at radius 3 is 1.75 bits per heavy atom. The molecule has 0 atom stereocenters. The van der Waals surface area contributed by atoms with Gasteiger partial charge in [-0.25, -0.2) is 0 Å². The van der Waals surface area contributed by atoms with Crippen molar-refractivity contribution in [3.05, 3.63) is 100 Å². The minimum Gasteiger partial charge on any atom is -0.289 e. The quantitative estimate of drug-likeness (QED) is 0.480. The SMILES string of the molecule is O=C1C=Cc2ccc(-c3ccc4c(c3)C(=O)c3ccccc3C4=O)cc2C1=O. The minimum absolute atomic E-state index is 0.173. The molecule has 28 heavy (non-hydrogen) atoms. The Balaban J connectivity index is 1.64. The van der Waals surface area contributed by atoms with Crippen LogP contribution in [0.4, 0.5) is 0 Å². The third-order valence-electron chi connectivity index (χ3n) is 5.19. The molecule has 132 valence electrons. The maximum absolute atomic E-state index is 12.9. The van der Waals surface area contributed by atoms with E-state index in [9.17, 15) is 19.2 Å². The van der Waals surface area contributed by atoms with Gasteiger partial charge < -0.3 is 0 Å². The summed E-state index contributed by atoms with van der Waals surface area (Å²) < 4.78 is 0. The lowest BCUT2D eigenvalue weighted by Gasteiger charge is -2.18. The van der Waals surface area contributed by atoms with Crippen molar-refractivity contribution in [2.24, 2.45) is 0 Å². The van der Waals surface area contributed by atoms with Gasteiger partial charge in [0.1, 0.15) is 0 Å². The standard InChI is InChI=1S/C24H12O4/c25-21-10-8-13-5-6-14(11-19(13)24(21)28)15-7-9-18-20(12-15)23(27)17-4-2-1-3-16(17)22(18)26/h1-12H. The van der Waals surface area contributed by atoms with Crippen molar-refractivity contribution in [1.29, 1.82) is 0 Å². The molecule has 5 rings (SSSR count). The fourth-order valence-electron chi connectivity index (χ4n) is 3.73. The molecule has 0 saturated heterocycles. The largest absolute Gasteiger partial charge is 0.289 e. The summed E-state index contributed by atoms with van der Waals surface area (Å²) in [7, 11) is 0. The maximum atomic E-state index is 12.9. The Labute approximate surface area is 160 Å². The van der Waals surface area contributed by atoms with Crippen LogP contribution >= 0.6 is 0 Å². The summed E-state index contributed by atoms with van der Waals surface area (Å²) in [6.45, 7) is 0. The molecule has 0 heterocycles. The van der Waals surface area contributed by atoms with Gasteiger partial charge in [-0.05, 0) is 41.0 Å². The summed E-state index contributed by atoms with van der Waals surface area (Å²) in [6.07, 6.45) is 2.89. The highest BCUT2D eigenvalue weighted by Gasteiger charge is 2.29. The first-order chi connectivity index (χ1) is 13.5. The Hall–Kier alpha value is -3.92. The van der Waals surface area contributed by atoms with Crippen LogP contribution in [-0.4, -0.2) is 23.1 Å². The fraction of sp³-hybridized carbons (Fsp3) is 0. The number of benzene rings is 3. The minimum atomic E-state index is -0.549. The van der Waals surface area contributed by atoms with Crippen LogP contribution in [-0.2, 0) is 4.79 Å². The highest BCUT2D eigenvalue weighted by molar-refractivity contribution is 6.50. The van der Waals surface area contributed by atoms with Gasteiger partial charge in [-0.2, -0.15) is 0 Å². The number of hydrogen-bond donors (Lipinski definition) is 0. The Morgan fingerprint density at radius 2 is 1.04 bits per heavy atom. The van der Waals surface area contributed by atoms with E-state index in [-0.39, 0.29) is 11.6 Å². The summed E-state index contributed by atoms with van der Waals surface area (Å²) in [5, 5.41) is 0. The number of rotatable bonds is 1. The van der Waals surface area contributed by atoms with Gasteiger partial charge in [0.05, 0.1) is 0 Å². The summed E-state index contributed by atoms with van der Waals surface area (Å²) in [4.78, 5) is 49.5. The normalized spacial score (nSPS) is 14.6. The number of ketones is 4. The van der Waals surface area contributed by atoms with Crippen LogP contribution in [0.2, 0.25) is 0 Å². The second-order valence-electron chi connectivity index (χ2n) is 6.79. The molecule has 0 N–H and O–H groups in total. The van der Waals surface area contributed by atoms with Crippen molar-refractivity contribution in [2.45, 2.75) is 0 Å². The van der Waals surface area contributed by atoms with E-state index in [1.54, 1.807) is 60.7 Å². The Morgan fingerprint density at radius 1 is 0.464 bits per heavy atom. The zero-order valence-corrected chi connectivity index (χ0v) is 14.6. The van der Waals surface area contributed by atoms with Gasteiger partial charge in [0.2, 0.25) is 11.6 Å². The monoisotopic (exact) mass is 364 g/mol. The lowest BCUT2D eigenvalue weighted by molar-refractivity contribution is -0.110. The van der Waals surface area contributed by atoms with E-state index < -0.39 is 11.6 Å². The first-order valence-electron chi connectivity index (χ1n) is 8.78. The topological polar surface area (TPSA) is 68.3 Å². The van der Waals surface area contributed by atoms with Gasteiger partial charge in [-0.3, -0.25) is 19.2 Å². The van der Waals surface area contributed by atoms with E-state index in [1.165, 1.54) is 6.08 Å². The zero-order chi connectivity index (χ0) is 19.4. The number of hydrogen-bond acceptors (Lipinski definition) is 4. The summed E-state index contributed by atoms with van der Waals surface area (Å²) in [5.74, 6) is -1.46. The molecular weight excluding hydrogens is 352 g/mol. The van der Waals surface area contributed by atoms with Gasteiger partial charge in [-0.1, -0.05) is 48.5 Å². The third-order valence-corrected chi connectivity index (χ3v) is 5.19. The molecule has 0 fully saturated rings. The molecule has 0 aliphatic heterocycles. The van der Waals surface area contributed by atoms with Crippen molar-refractivity contribution in [1.82, 2.24) is 0 Å². The van der Waals surface area contributed by atoms with E-state index in [0.717, 1.165) is 0 Å². The highest BCUT2D eigenvalue weighted by Crippen LogP contribution is 2.32. The van der Waals surface area contributed by atoms with Gasteiger partial charge >= 0.3 is 0 Å². The van der Waals surface area contributed by atoms with Crippen LogP contribution < -0.4 is 0 Å². The molecule has 0 aromatic heterocycles. The molecule has 2 aliphatic rings. The molecule has 3 aromatic rings. The molecule has 0 radical (unpaired) electrons. The number of Topliss-reactive ketones (excluding diaryl/α,β-unsaturated/α-hetero) is 1. The van der Waals surface area contributed by atoms with Crippen molar-refractivity contribution < 1.29 is 19.2 Å². The third kappa shape index (κ3) is 2.25. The molecule has 0 unspecified atom stereocenters. The van der Waals surface area contributed by atoms with E-state index in [2.05, 4.69) is 0 Å². The molecule has 0 amide bonds. The maximum Gasteiger partial charge on any atom is 0.233 e. The first kappa shape index (κ1) is 16.3. The van der Waals surface area contributed by atoms with E-state index in [0.29, 0.717) is 44.5 Å². The van der Waals surface area contributed by atoms with Crippen LogP contribution in [0.15, 0.2) is 66.7 Å². The smallest absolute Gasteiger partial charge is 0.233 e. The average Bonchev–Trinajstić information content (AvgIpc) is 2.74. The summed E-state index contributed by atoms with van der Waals surface area (Å²) in [5.41, 5.74) is 3.97. The molecular formula is C24H12O4. The fourth-order valence-corrected chi connectivity index (χ4v) is 3.73. The molecule has 4 nitrogen and oxygen atoms in total. The molecule has 0 bridgehead atoms. The van der Waals surface area contributed by atoms with Gasteiger partial charge in [-0.15, -0.1) is 0 Å². The van der Waals surface area contributed by atoms with Crippen LogP contribution in [0, 0.1) is 0 Å². The van der Waals surface area contributed by atoms with Crippen molar-refractivity contribution in [2.75, 3.05) is 0 Å². The lowest BCUT2D eigenvalue weighted by Crippen LogP contribution is -2.20. The predicted octanol–water partition coefficient (Wildman–Crippen LogP) is 3.91. The molecule has 3 aromatic carbocycles. The van der Waals surface area contributed by atoms with Crippen LogP contribution in [0.1, 0.15) is 47.8 Å². The summed E-state index contributed by atoms with van der Waals surface area (Å²) in [6, 6.07) is 17.1. The van der Waals surface area contributed by atoms with Gasteiger partial charge in [0.25, 0.3) is 0 Å². The average molecular weight is 364 g/mol. The molecule has 2 aliphatic carbocycles. The number of carbonyl (C=O) groups excluding carboxylic acids is 4. The highest BCUT2D eigenvalue weighted by atomic mass is 16.2. The molecule has 0 saturated carbocycles.